The van der Waals surface area contributed by atoms with Gasteiger partial charge in [0, 0.05) is 41.1 Å². The molecular formula is C21H19FN4OS. The van der Waals surface area contributed by atoms with Crippen LogP contribution in [0.2, 0.25) is 0 Å². The summed E-state index contributed by atoms with van der Waals surface area (Å²) in [5, 5.41) is 0. The molecule has 0 aliphatic rings. The second-order valence-electron chi connectivity index (χ2n) is 6.44. The molecule has 0 aliphatic heterocycles. The first-order valence-corrected chi connectivity index (χ1v) is 9.81. The number of rotatable bonds is 5. The van der Waals surface area contributed by atoms with E-state index in [2.05, 4.69) is 9.88 Å². The highest BCUT2D eigenvalue weighted by atomic mass is 32.1. The van der Waals surface area contributed by atoms with E-state index in [0.717, 1.165) is 28.4 Å². The number of halogens is 1. The summed E-state index contributed by atoms with van der Waals surface area (Å²) in [5.74, 6) is -0.268. The fourth-order valence-electron chi connectivity index (χ4n) is 3.28. The van der Waals surface area contributed by atoms with Crippen LogP contribution in [0.25, 0.3) is 16.2 Å². The number of anilines is 1. The molecule has 3 heterocycles. The summed E-state index contributed by atoms with van der Waals surface area (Å²) in [5.41, 5.74) is 3.28. The first-order chi connectivity index (χ1) is 13.6. The van der Waals surface area contributed by atoms with Gasteiger partial charge in [-0.1, -0.05) is 0 Å². The lowest BCUT2D eigenvalue weighted by atomic mass is 10.2. The third-order valence-electron chi connectivity index (χ3n) is 4.62. The van der Waals surface area contributed by atoms with Crippen molar-refractivity contribution in [2.24, 2.45) is 0 Å². The van der Waals surface area contributed by atoms with Crippen LogP contribution in [0.5, 0.6) is 0 Å². The Morgan fingerprint density at radius 3 is 2.54 bits per heavy atom. The predicted octanol–water partition coefficient (Wildman–Crippen LogP) is 4.29. The Bertz CT molecular complexity index is 1170. The molecule has 4 rings (SSSR count). The van der Waals surface area contributed by atoms with Crippen LogP contribution in [0.1, 0.15) is 17.5 Å². The number of aromatic nitrogens is 3. The van der Waals surface area contributed by atoms with E-state index in [0.29, 0.717) is 17.2 Å². The molecule has 0 atom stereocenters. The minimum atomic E-state index is -0.268. The number of hydrogen-bond acceptors (Lipinski definition) is 5. The first kappa shape index (κ1) is 18.3. The molecular weight excluding hydrogens is 375 g/mol. The summed E-state index contributed by atoms with van der Waals surface area (Å²) in [6.45, 7) is 5.21. The fraction of sp³-hybridized carbons (Fsp3) is 0.190. The highest BCUT2D eigenvalue weighted by Gasteiger charge is 2.16. The van der Waals surface area contributed by atoms with Gasteiger partial charge in [-0.2, -0.15) is 0 Å². The van der Waals surface area contributed by atoms with E-state index in [-0.39, 0.29) is 11.4 Å². The van der Waals surface area contributed by atoms with Gasteiger partial charge >= 0.3 is 0 Å². The summed E-state index contributed by atoms with van der Waals surface area (Å²) in [4.78, 5) is 25.4. The van der Waals surface area contributed by atoms with Gasteiger partial charge < -0.3 is 4.90 Å². The molecule has 0 radical (unpaired) electrons. The quantitative estimate of drug-likeness (QED) is 0.507. The zero-order valence-corrected chi connectivity index (χ0v) is 16.4. The van der Waals surface area contributed by atoms with Crippen molar-refractivity contribution in [3.8, 4) is 11.3 Å². The molecule has 0 N–H and O–H groups in total. The van der Waals surface area contributed by atoms with Crippen molar-refractivity contribution in [2.75, 3.05) is 11.4 Å². The molecule has 4 aromatic rings. The van der Waals surface area contributed by atoms with Crippen LogP contribution >= 0.6 is 11.3 Å². The molecule has 0 bridgehead atoms. The Balaban J connectivity index is 1.74. The van der Waals surface area contributed by atoms with E-state index < -0.39 is 0 Å². The topological polar surface area (TPSA) is 50.5 Å². The molecule has 0 amide bonds. The maximum absolute atomic E-state index is 13.2. The van der Waals surface area contributed by atoms with Crippen molar-refractivity contribution in [2.45, 2.75) is 20.4 Å². The normalized spacial score (nSPS) is 11.1. The summed E-state index contributed by atoms with van der Waals surface area (Å²) in [6.07, 6.45) is 3.43. The second-order valence-corrected chi connectivity index (χ2v) is 7.62. The number of pyridine rings is 1. The number of thiazole rings is 1. The number of fused-ring (bicyclic) bond motifs is 1. The minimum Gasteiger partial charge on any atom is -0.366 e. The maximum atomic E-state index is 13.2. The number of nitrogens with zero attached hydrogens (tertiary/aromatic N) is 4. The van der Waals surface area contributed by atoms with Crippen LogP contribution in [0.3, 0.4) is 0 Å². The molecule has 0 fully saturated rings. The van der Waals surface area contributed by atoms with Crippen molar-refractivity contribution in [1.29, 1.82) is 0 Å². The summed E-state index contributed by atoms with van der Waals surface area (Å²) in [6, 6.07) is 11.7. The van der Waals surface area contributed by atoms with Crippen LogP contribution in [0, 0.1) is 12.7 Å². The van der Waals surface area contributed by atoms with Gasteiger partial charge in [-0.15, -0.1) is 11.3 Å². The molecule has 0 saturated heterocycles. The largest absolute Gasteiger partial charge is 0.366 e. The average molecular weight is 394 g/mol. The molecule has 0 aliphatic carbocycles. The van der Waals surface area contributed by atoms with Crippen LogP contribution in [-0.2, 0) is 6.54 Å². The van der Waals surface area contributed by atoms with Crippen molar-refractivity contribution in [3.05, 3.63) is 81.6 Å². The second kappa shape index (κ2) is 7.52. The third-order valence-corrected chi connectivity index (χ3v) is 5.58. The van der Waals surface area contributed by atoms with E-state index in [1.54, 1.807) is 35.0 Å². The number of aryl methyl sites for hydroxylation is 1. The molecule has 3 aromatic heterocycles. The lowest BCUT2D eigenvalue weighted by molar-refractivity contribution is 0.627. The zero-order valence-electron chi connectivity index (χ0n) is 15.6. The van der Waals surface area contributed by atoms with Crippen LogP contribution in [0.4, 0.5) is 10.1 Å². The Kier molecular flexibility index (Phi) is 4.92. The van der Waals surface area contributed by atoms with Gasteiger partial charge in [0.2, 0.25) is 0 Å². The van der Waals surface area contributed by atoms with Crippen molar-refractivity contribution in [3.63, 3.8) is 0 Å². The lowest BCUT2D eigenvalue weighted by Crippen LogP contribution is -2.24. The molecule has 5 nitrogen and oxygen atoms in total. The average Bonchev–Trinajstić information content (AvgIpc) is 3.04. The van der Waals surface area contributed by atoms with Crippen LogP contribution < -0.4 is 10.5 Å². The van der Waals surface area contributed by atoms with Gasteiger partial charge in [0.05, 0.1) is 17.9 Å². The number of benzene rings is 1. The van der Waals surface area contributed by atoms with E-state index >= 15 is 0 Å². The Morgan fingerprint density at radius 2 is 1.86 bits per heavy atom. The van der Waals surface area contributed by atoms with E-state index in [1.807, 2.05) is 26.0 Å². The Labute approximate surface area is 165 Å². The number of hydrogen-bond donors (Lipinski definition) is 0. The summed E-state index contributed by atoms with van der Waals surface area (Å²) >= 11 is 1.50. The van der Waals surface area contributed by atoms with Crippen molar-refractivity contribution < 1.29 is 4.39 Å². The summed E-state index contributed by atoms with van der Waals surface area (Å²) < 4.78 is 14.9. The van der Waals surface area contributed by atoms with Crippen LogP contribution in [0.15, 0.2) is 59.7 Å². The van der Waals surface area contributed by atoms with Gasteiger partial charge in [0.1, 0.15) is 5.82 Å². The van der Waals surface area contributed by atoms with Gasteiger partial charge in [-0.3, -0.25) is 14.2 Å². The molecule has 0 spiro atoms. The molecule has 0 saturated carbocycles. The monoisotopic (exact) mass is 394 g/mol. The zero-order chi connectivity index (χ0) is 19.7. The maximum Gasteiger partial charge on any atom is 0.259 e. The van der Waals surface area contributed by atoms with Gasteiger partial charge in [-0.05, 0) is 50.2 Å². The summed E-state index contributed by atoms with van der Waals surface area (Å²) in [7, 11) is 0. The predicted molar refractivity (Wildman–Crippen MR) is 110 cm³/mol. The standard InChI is InChI=1S/C21H19FN4OS/c1-3-25(18-6-4-16(22)5-7-18)13-17-12-19(27)26-20(14(2)28-21(26)24-17)15-8-10-23-11-9-15/h4-12H,3,13H2,1-2H3. The molecule has 7 heteroatoms. The van der Waals surface area contributed by atoms with Gasteiger partial charge in [0.15, 0.2) is 4.96 Å². The van der Waals surface area contributed by atoms with E-state index in [4.69, 9.17) is 4.98 Å². The minimum absolute atomic E-state index is 0.105. The smallest absolute Gasteiger partial charge is 0.259 e. The molecule has 28 heavy (non-hydrogen) atoms. The Morgan fingerprint density at radius 1 is 1.14 bits per heavy atom. The Hall–Kier alpha value is -3.06. The lowest BCUT2D eigenvalue weighted by Gasteiger charge is -2.22. The fourth-order valence-corrected chi connectivity index (χ4v) is 4.29. The molecule has 0 unspecified atom stereocenters. The van der Waals surface area contributed by atoms with E-state index in [1.165, 1.54) is 23.5 Å². The third kappa shape index (κ3) is 3.41. The van der Waals surface area contributed by atoms with Crippen molar-refractivity contribution in [1.82, 2.24) is 14.4 Å². The highest BCUT2D eigenvalue weighted by molar-refractivity contribution is 7.17. The van der Waals surface area contributed by atoms with Crippen LogP contribution in [-0.4, -0.2) is 20.9 Å². The van der Waals surface area contributed by atoms with Gasteiger partial charge in [0.25, 0.3) is 5.56 Å². The van der Waals surface area contributed by atoms with Crippen molar-refractivity contribution >= 4 is 22.0 Å². The SMILES string of the molecule is CCN(Cc1cc(=O)n2c(-c3ccncc3)c(C)sc2n1)c1ccc(F)cc1. The first-order valence-electron chi connectivity index (χ1n) is 9.00. The highest BCUT2D eigenvalue weighted by Crippen LogP contribution is 2.29. The van der Waals surface area contributed by atoms with E-state index in [9.17, 15) is 9.18 Å². The molecule has 142 valence electrons. The van der Waals surface area contributed by atoms with Gasteiger partial charge in [-0.25, -0.2) is 9.37 Å². The molecule has 1 aromatic carbocycles.